The number of benzene rings is 5. The van der Waals surface area contributed by atoms with E-state index in [-0.39, 0.29) is 28.0 Å². The summed E-state index contributed by atoms with van der Waals surface area (Å²) >= 11 is 0. The lowest BCUT2D eigenvalue weighted by molar-refractivity contribution is -0.286. The number of hydrogen-bond donors (Lipinski definition) is 15. The van der Waals surface area contributed by atoms with Gasteiger partial charge >= 0.3 is 0 Å². The molecule has 0 amide bonds. The van der Waals surface area contributed by atoms with E-state index in [1.54, 1.807) is 18.2 Å². The van der Waals surface area contributed by atoms with Gasteiger partial charge in [0.15, 0.2) is 63.3 Å². The Bertz CT molecular complexity index is 3460. The molecule has 19 heteroatoms. The van der Waals surface area contributed by atoms with Crippen molar-refractivity contribution in [2.75, 3.05) is 4.90 Å². The number of anilines is 2. The molecule has 5 aromatic carbocycles. The van der Waals surface area contributed by atoms with Crippen molar-refractivity contribution in [3.8, 4) is 68.6 Å². The molecule has 4 aliphatic carbocycles. The summed E-state index contributed by atoms with van der Waals surface area (Å²) in [4.78, 5) is 12.8. The van der Waals surface area contributed by atoms with Gasteiger partial charge in [-0.1, -0.05) is 64.1 Å². The number of hydrogen-bond acceptors (Lipinski definition) is 19. The predicted molar refractivity (Wildman–Crippen MR) is 230 cm³/mol. The van der Waals surface area contributed by atoms with E-state index in [2.05, 4.69) is 0 Å². The van der Waals surface area contributed by atoms with Gasteiger partial charge in [0.2, 0.25) is 34.5 Å². The summed E-state index contributed by atoms with van der Waals surface area (Å²) in [5.74, 6) is -15.9. The molecule has 0 fully saturated rings. The van der Waals surface area contributed by atoms with Crippen molar-refractivity contribution in [1.29, 1.82) is 0 Å². The highest BCUT2D eigenvalue weighted by atomic mass is 17.2. The van der Waals surface area contributed by atoms with Gasteiger partial charge in [0, 0.05) is 33.1 Å². The Morgan fingerprint density at radius 3 is 1.83 bits per heavy atom. The Kier molecular flexibility index (Phi) is 7.67. The van der Waals surface area contributed by atoms with Crippen molar-refractivity contribution in [1.82, 2.24) is 0 Å². The van der Waals surface area contributed by atoms with Gasteiger partial charge in [0.05, 0.1) is 27.6 Å². The van der Waals surface area contributed by atoms with Crippen LogP contribution in [0.5, 0.6) is 57.5 Å². The number of rotatable bonds is 2. The molecule has 19 nitrogen and oxygen atoms in total. The van der Waals surface area contributed by atoms with Crippen LogP contribution in [0.2, 0.25) is 0 Å². The quantitative estimate of drug-likeness (QED) is 0.0487. The summed E-state index contributed by atoms with van der Waals surface area (Å²) in [7, 11) is 0. The molecule has 5 aliphatic rings. The van der Waals surface area contributed by atoms with Gasteiger partial charge in [0.1, 0.15) is 23.6 Å². The molecule has 0 saturated heterocycles. The van der Waals surface area contributed by atoms with Crippen molar-refractivity contribution >= 4 is 44.5 Å². The number of aromatic hydroxyl groups is 10. The van der Waals surface area contributed by atoms with Crippen LogP contribution < -0.4 is 4.90 Å². The van der Waals surface area contributed by atoms with Gasteiger partial charge in [-0.05, 0) is 28.3 Å². The average molecular weight is 904 g/mol. The van der Waals surface area contributed by atoms with E-state index in [1.807, 2.05) is 38.1 Å². The van der Waals surface area contributed by atoms with Crippen LogP contribution in [0.4, 0.5) is 11.4 Å². The van der Waals surface area contributed by atoms with Crippen molar-refractivity contribution < 1.29 is 90.8 Å². The van der Waals surface area contributed by atoms with Crippen molar-refractivity contribution in [2.24, 2.45) is 0 Å². The number of aliphatic hydroxyl groups is 5. The van der Waals surface area contributed by atoms with Crippen LogP contribution in [0.25, 0.3) is 44.2 Å². The molecule has 1 aromatic heterocycles. The number of allylic oxidation sites excluding steroid dienone is 1. The Morgan fingerprint density at radius 2 is 1.14 bits per heavy atom. The molecule has 3 atom stereocenters. The van der Waals surface area contributed by atoms with Crippen LogP contribution in [0.15, 0.2) is 81.2 Å². The van der Waals surface area contributed by atoms with Crippen LogP contribution in [0.1, 0.15) is 55.5 Å². The van der Waals surface area contributed by atoms with E-state index in [4.69, 9.17) is 14.2 Å². The lowest BCUT2D eigenvalue weighted by Crippen LogP contribution is -2.40. The number of phenols is 10. The standard InChI is InChI=1S/C47H37NO18/c1-46(2)13-9-6-5-8-12(13)16-14(46)10-7-11-15(16)48-25-17-18-24(47(3,4)23(17)32(54)38(60)34(25)56)33(55)40(62)45(31(18)53)66-65-43-21(27(49)35(57)26(43)48)19-28(50)36(58)29(51)20-22-30(52)37(59)39(61)41(63)44(22)64-42(19)20/h5-11,33,40,43,49-63H,1-4H3. The Hall–Kier alpha value is -8.26. The van der Waals surface area contributed by atoms with Crippen LogP contribution in [0.3, 0.4) is 0 Å². The maximum absolute atomic E-state index is 12.5. The zero-order chi connectivity index (χ0) is 47.3. The summed E-state index contributed by atoms with van der Waals surface area (Å²) in [5, 5.41) is 172. The predicted octanol–water partition coefficient (Wildman–Crippen LogP) is 6.72. The summed E-state index contributed by atoms with van der Waals surface area (Å²) in [6, 6.07) is 12.3. The van der Waals surface area contributed by atoms with Gasteiger partial charge in [-0.2, -0.15) is 4.89 Å². The number of nitrogens with zero attached hydrogens (tertiary/aromatic N) is 1. The lowest BCUT2D eigenvalue weighted by Gasteiger charge is -2.36. The maximum atomic E-state index is 12.5. The molecule has 15 N–H and O–H groups in total. The molecule has 66 heavy (non-hydrogen) atoms. The smallest absolute Gasteiger partial charge is 0.216 e. The summed E-state index contributed by atoms with van der Waals surface area (Å²) in [6.07, 6.45) is -6.32. The zero-order valence-electron chi connectivity index (χ0n) is 34.7. The van der Waals surface area contributed by atoms with E-state index >= 15 is 0 Å². The van der Waals surface area contributed by atoms with Crippen LogP contribution in [-0.4, -0.2) is 94.9 Å². The molecule has 11 rings (SSSR count). The number of phenolic OH excluding ortho intramolecular Hbond substituents is 10. The fourth-order valence-corrected chi connectivity index (χ4v) is 10.7. The fourth-order valence-electron chi connectivity index (χ4n) is 10.7. The maximum Gasteiger partial charge on any atom is 0.216 e. The molecular weight excluding hydrogens is 867 g/mol. The minimum atomic E-state index is -2.24. The summed E-state index contributed by atoms with van der Waals surface area (Å²) < 4.78 is 5.82. The highest BCUT2D eigenvalue weighted by molar-refractivity contribution is 6.19. The molecule has 0 radical (unpaired) electrons. The first-order valence-corrected chi connectivity index (χ1v) is 20.2. The zero-order valence-corrected chi connectivity index (χ0v) is 34.7. The first-order chi connectivity index (χ1) is 31.1. The van der Waals surface area contributed by atoms with Gasteiger partial charge in [0.25, 0.3) is 0 Å². The fraction of sp³-hybridized carbons (Fsp3) is 0.191. The Balaban J connectivity index is 1.31. The second-order valence-electron chi connectivity index (χ2n) is 17.7. The second kappa shape index (κ2) is 12.5. The first-order valence-electron chi connectivity index (χ1n) is 20.2. The van der Waals surface area contributed by atoms with Crippen molar-refractivity contribution in [3.63, 3.8) is 0 Å². The normalized spacial score (nSPS) is 21.2. The third-order valence-corrected chi connectivity index (χ3v) is 13.8. The van der Waals surface area contributed by atoms with Gasteiger partial charge in [-0.3, -0.25) is 0 Å². The number of furan rings is 1. The third kappa shape index (κ3) is 4.45. The third-order valence-electron chi connectivity index (χ3n) is 13.8. The van der Waals surface area contributed by atoms with E-state index in [0.717, 1.165) is 10.5 Å². The molecule has 3 unspecified atom stereocenters. The summed E-state index contributed by atoms with van der Waals surface area (Å²) in [6.45, 7) is 6.93. The minimum absolute atomic E-state index is 0.0808. The highest BCUT2D eigenvalue weighted by Gasteiger charge is 2.56. The van der Waals surface area contributed by atoms with Crippen molar-refractivity contribution in [3.05, 3.63) is 105 Å². The van der Waals surface area contributed by atoms with E-state index < -0.39 is 154 Å². The molecule has 0 spiro atoms. The highest BCUT2D eigenvalue weighted by Crippen LogP contribution is 2.67. The van der Waals surface area contributed by atoms with Crippen molar-refractivity contribution in [2.45, 2.75) is 56.8 Å². The monoisotopic (exact) mass is 903 g/mol. The number of aliphatic hydroxyl groups excluding tert-OH is 5. The van der Waals surface area contributed by atoms with Gasteiger partial charge in [-0.15, -0.1) is 0 Å². The second-order valence-corrected chi connectivity index (χ2v) is 17.7. The SMILES string of the molecule is CC1(C)C2=C3C(O)=C(OOC4C(c5c(O)c(O)c(O)c6c5oc5c(O)c(O)c(O)c(O)c56)=C(O)C(O)=C4N(c4cccc5c4-c4ccccc4C5(C)C)c4c(O)c(O)c(O)c1c43)C(O)C2O. The molecule has 2 heterocycles. The van der Waals surface area contributed by atoms with E-state index in [9.17, 15) is 76.6 Å². The van der Waals surface area contributed by atoms with Gasteiger partial charge in [-0.25, -0.2) is 0 Å². The number of fused-ring (bicyclic) bond motifs is 7. The molecule has 0 saturated carbocycles. The summed E-state index contributed by atoms with van der Waals surface area (Å²) in [5.41, 5.74) is -4.78. The molecule has 2 bridgehead atoms. The van der Waals surface area contributed by atoms with Crippen LogP contribution >= 0.6 is 0 Å². The van der Waals surface area contributed by atoms with Crippen LogP contribution in [-0.2, 0) is 20.6 Å². The van der Waals surface area contributed by atoms with E-state index in [1.165, 1.54) is 13.8 Å². The Morgan fingerprint density at radius 1 is 0.530 bits per heavy atom. The van der Waals surface area contributed by atoms with Gasteiger partial charge < -0.3 is 90.8 Å². The molecule has 6 aromatic rings. The minimum Gasteiger partial charge on any atom is -0.504 e. The Labute approximate surface area is 369 Å². The average Bonchev–Trinajstić information content (AvgIpc) is 3.95. The molecule has 1 aliphatic heterocycles. The molecular formula is C47H37NO18. The first kappa shape index (κ1) is 40.5. The van der Waals surface area contributed by atoms with Crippen LogP contribution in [0, 0.1) is 0 Å². The topological polar surface area (TPSA) is 338 Å². The van der Waals surface area contributed by atoms with E-state index in [0.29, 0.717) is 16.7 Å². The molecule has 338 valence electrons. The lowest BCUT2D eigenvalue weighted by atomic mass is 9.75. The largest absolute Gasteiger partial charge is 0.504 e.